The molecule has 0 bridgehead atoms. The van der Waals surface area contributed by atoms with Gasteiger partial charge in [-0.3, -0.25) is 0 Å². The van der Waals surface area contributed by atoms with Crippen LogP contribution in [0.4, 0.5) is 34.1 Å². The molecule has 0 fully saturated rings. The van der Waals surface area contributed by atoms with Crippen LogP contribution < -0.4 is 26.2 Å². The van der Waals surface area contributed by atoms with E-state index in [0.717, 1.165) is 39.0 Å². The summed E-state index contributed by atoms with van der Waals surface area (Å²) in [5.41, 5.74) is 21.4. The second kappa shape index (κ2) is 14.0. The van der Waals surface area contributed by atoms with Crippen LogP contribution in [0.15, 0.2) is 162 Å². The third kappa shape index (κ3) is 5.98. The van der Waals surface area contributed by atoms with Crippen LogP contribution in [0.25, 0.3) is 49.4 Å². The lowest BCUT2D eigenvalue weighted by Crippen LogP contribution is -2.61. The van der Waals surface area contributed by atoms with Crippen molar-refractivity contribution in [3.8, 4) is 5.69 Å². The number of hydrogen-bond acceptors (Lipinski definition) is 3. The molecular weight excluding hydrogens is 802 g/mol. The van der Waals surface area contributed by atoms with Gasteiger partial charge in [0.15, 0.2) is 0 Å². The summed E-state index contributed by atoms with van der Waals surface area (Å²) in [5, 5.41) is 4.81. The molecule has 324 valence electrons. The molecule has 4 heterocycles. The maximum atomic E-state index is 6.90. The number of nitrogens with zero attached hydrogens (tertiary/aromatic N) is 3. The van der Waals surface area contributed by atoms with E-state index in [2.05, 4.69) is 241 Å². The van der Waals surface area contributed by atoms with Crippen LogP contribution in [0.1, 0.15) is 84.6 Å². The van der Waals surface area contributed by atoms with Gasteiger partial charge in [0.25, 0.3) is 6.71 Å². The zero-order chi connectivity index (χ0) is 45.6. The summed E-state index contributed by atoms with van der Waals surface area (Å²) in [7, 11) is 0. The van der Waals surface area contributed by atoms with Gasteiger partial charge in [-0.25, -0.2) is 0 Å². The van der Waals surface area contributed by atoms with Gasteiger partial charge < -0.3 is 18.8 Å². The van der Waals surface area contributed by atoms with Crippen molar-refractivity contribution in [2.24, 2.45) is 0 Å². The first-order chi connectivity index (χ1) is 31.6. The summed E-state index contributed by atoms with van der Waals surface area (Å²) in [6.07, 6.45) is 0. The fourth-order valence-corrected chi connectivity index (χ4v) is 11.2. The van der Waals surface area contributed by atoms with Gasteiger partial charge >= 0.3 is 0 Å². The Morgan fingerprint density at radius 2 is 1.02 bits per heavy atom. The van der Waals surface area contributed by atoms with Crippen LogP contribution in [-0.4, -0.2) is 11.3 Å². The summed E-state index contributed by atoms with van der Waals surface area (Å²) >= 11 is 0. The fraction of sp³-hybridized carbons (Fsp3) is 0.213. The number of rotatable bonds is 3. The minimum atomic E-state index is -0.121. The quantitative estimate of drug-likeness (QED) is 0.166. The first-order valence-corrected chi connectivity index (χ1v) is 23.6. The summed E-state index contributed by atoms with van der Waals surface area (Å²) in [6.45, 7) is 23.0. The van der Waals surface area contributed by atoms with Gasteiger partial charge in [-0.2, -0.15) is 0 Å². The molecule has 0 spiro atoms. The highest BCUT2D eigenvalue weighted by Gasteiger charge is 2.45. The molecule has 0 unspecified atom stereocenters. The zero-order valence-electron chi connectivity index (χ0n) is 39.8. The molecule has 0 aliphatic carbocycles. The third-order valence-electron chi connectivity index (χ3n) is 14.4. The van der Waals surface area contributed by atoms with Crippen LogP contribution in [0.2, 0.25) is 0 Å². The second-order valence-corrected chi connectivity index (χ2v) is 21.9. The maximum Gasteiger partial charge on any atom is 0.252 e. The van der Waals surface area contributed by atoms with Crippen molar-refractivity contribution in [3.63, 3.8) is 0 Å². The predicted octanol–water partition coefficient (Wildman–Crippen LogP) is 15.0. The van der Waals surface area contributed by atoms with E-state index in [4.69, 9.17) is 4.42 Å². The van der Waals surface area contributed by atoms with E-state index in [1.54, 1.807) is 0 Å². The zero-order valence-corrected chi connectivity index (χ0v) is 39.8. The summed E-state index contributed by atoms with van der Waals surface area (Å²) < 4.78 is 9.35. The van der Waals surface area contributed by atoms with Crippen molar-refractivity contribution in [3.05, 3.63) is 180 Å². The molecule has 0 radical (unpaired) electrons. The molecule has 5 heteroatoms. The number of benzene rings is 8. The summed E-state index contributed by atoms with van der Waals surface area (Å²) in [6, 6.07) is 59.6. The number of furan rings is 1. The lowest BCUT2D eigenvalue weighted by molar-refractivity contribution is 0.573. The van der Waals surface area contributed by atoms with Crippen molar-refractivity contribution in [1.82, 2.24) is 4.57 Å². The molecule has 66 heavy (non-hydrogen) atoms. The number of aromatic nitrogens is 1. The van der Waals surface area contributed by atoms with Crippen LogP contribution in [0.3, 0.4) is 0 Å². The Hall–Kier alpha value is -6.98. The molecule has 10 aromatic rings. The van der Waals surface area contributed by atoms with Crippen LogP contribution in [-0.2, 0) is 16.2 Å². The minimum absolute atomic E-state index is 0.0236. The Morgan fingerprint density at radius 1 is 0.439 bits per heavy atom. The van der Waals surface area contributed by atoms with E-state index in [1.165, 1.54) is 83.2 Å². The van der Waals surface area contributed by atoms with Crippen LogP contribution >= 0.6 is 0 Å². The highest BCUT2D eigenvalue weighted by atomic mass is 16.3. The van der Waals surface area contributed by atoms with Crippen molar-refractivity contribution in [1.29, 1.82) is 0 Å². The number of para-hydroxylation sites is 3. The van der Waals surface area contributed by atoms with Gasteiger partial charge in [0.05, 0.1) is 22.1 Å². The molecule has 0 saturated carbocycles. The van der Waals surface area contributed by atoms with E-state index in [1.807, 2.05) is 0 Å². The van der Waals surface area contributed by atoms with Gasteiger partial charge in [-0.05, 0) is 123 Å². The maximum absolute atomic E-state index is 6.90. The third-order valence-corrected chi connectivity index (χ3v) is 14.4. The standard InChI is InChI=1S/C61H56BN3O/c1-37-33-53-57-54(34-37)65(51-32-29-45(61(8,9)10)58-56(51)44-19-13-16-22-55(44)66-58)50-31-25-39(60(5,6)7)35-47(50)62(57)46-30-28-41(36-52(46)63(53)40-26-23-38(24-27-40)59(2,3)4)64-48-20-14-11-17-42(48)43-18-12-15-21-49(43)64/h11-36H,1-10H3. The van der Waals surface area contributed by atoms with E-state index in [-0.39, 0.29) is 23.0 Å². The molecular formula is C61H56BN3O. The number of anilines is 6. The van der Waals surface area contributed by atoms with Crippen molar-refractivity contribution >= 4 is 101 Å². The van der Waals surface area contributed by atoms with Gasteiger partial charge in [-0.15, -0.1) is 0 Å². The molecule has 2 aromatic heterocycles. The Bertz CT molecular complexity index is 3570. The summed E-state index contributed by atoms with van der Waals surface area (Å²) in [4.78, 5) is 5.13. The Morgan fingerprint density at radius 3 is 1.67 bits per heavy atom. The molecule has 0 N–H and O–H groups in total. The molecule has 12 rings (SSSR count). The number of fused-ring (bicyclic) bond motifs is 10. The molecule has 0 atom stereocenters. The molecule has 2 aliphatic heterocycles. The van der Waals surface area contributed by atoms with Gasteiger partial charge in [-0.1, -0.05) is 153 Å². The second-order valence-electron chi connectivity index (χ2n) is 21.9. The number of hydrogen-bond donors (Lipinski definition) is 0. The predicted molar refractivity (Wildman–Crippen MR) is 283 cm³/mol. The molecule has 0 saturated heterocycles. The Kier molecular flexibility index (Phi) is 8.61. The average molecular weight is 858 g/mol. The molecule has 4 nitrogen and oxygen atoms in total. The monoisotopic (exact) mass is 857 g/mol. The van der Waals surface area contributed by atoms with E-state index in [9.17, 15) is 0 Å². The van der Waals surface area contributed by atoms with Crippen molar-refractivity contribution in [2.45, 2.75) is 85.5 Å². The van der Waals surface area contributed by atoms with E-state index < -0.39 is 0 Å². The molecule has 8 aromatic carbocycles. The van der Waals surface area contributed by atoms with Gasteiger partial charge in [0, 0.05) is 55.8 Å². The first kappa shape index (κ1) is 40.5. The normalized spacial score (nSPS) is 13.8. The topological polar surface area (TPSA) is 24.6 Å². The van der Waals surface area contributed by atoms with Crippen LogP contribution in [0.5, 0.6) is 0 Å². The van der Waals surface area contributed by atoms with E-state index in [0.29, 0.717) is 0 Å². The SMILES string of the molecule is Cc1cc2c3c(c1)N(c1ccc(C(C)(C)C)c4oc5ccccc5c14)c1ccc(C(C)(C)C)cc1B3c1ccc(-n3c4ccccc4c4ccccc43)cc1N2c1ccc(C(C)(C)C)cc1. The fourth-order valence-electron chi connectivity index (χ4n) is 11.2. The molecule has 0 amide bonds. The average Bonchev–Trinajstić information content (AvgIpc) is 3.84. The summed E-state index contributed by atoms with van der Waals surface area (Å²) in [5.74, 6) is 0. The Balaban J connectivity index is 1.19. The van der Waals surface area contributed by atoms with Crippen molar-refractivity contribution in [2.75, 3.05) is 9.80 Å². The van der Waals surface area contributed by atoms with Crippen LogP contribution in [0, 0.1) is 6.92 Å². The van der Waals surface area contributed by atoms with Crippen molar-refractivity contribution < 1.29 is 4.42 Å². The van der Waals surface area contributed by atoms with Gasteiger partial charge in [0.2, 0.25) is 0 Å². The lowest BCUT2D eigenvalue weighted by Gasteiger charge is -2.45. The minimum Gasteiger partial charge on any atom is -0.456 e. The van der Waals surface area contributed by atoms with Gasteiger partial charge in [0.1, 0.15) is 11.2 Å². The molecule has 2 aliphatic rings. The first-order valence-electron chi connectivity index (χ1n) is 23.6. The largest absolute Gasteiger partial charge is 0.456 e. The highest BCUT2D eigenvalue weighted by molar-refractivity contribution is 7.00. The Labute approximate surface area is 389 Å². The lowest BCUT2D eigenvalue weighted by atomic mass is 9.33. The highest BCUT2D eigenvalue weighted by Crippen LogP contribution is 2.50. The van der Waals surface area contributed by atoms with E-state index >= 15 is 0 Å². The number of aryl methyl sites for hydroxylation is 1. The smallest absolute Gasteiger partial charge is 0.252 e.